The molecule has 4 nitrogen and oxygen atoms in total. The number of fused-ring (bicyclic) bond motifs is 1. The van der Waals surface area contributed by atoms with E-state index in [1.165, 1.54) is 11.1 Å². The number of piperidine rings is 1. The van der Waals surface area contributed by atoms with Gasteiger partial charge >= 0.3 is 5.69 Å². The molecule has 0 radical (unpaired) electrons. The van der Waals surface area contributed by atoms with Gasteiger partial charge in [0.2, 0.25) is 0 Å². The van der Waals surface area contributed by atoms with Gasteiger partial charge in [-0.3, -0.25) is 14.0 Å². The van der Waals surface area contributed by atoms with Crippen LogP contribution >= 0.6 is 11.6 Å². The number of aromatic nitrogens is 2. The lowest BCUT2D eigenvalue weighted by atomic mass is 9.85. The third-order valence-electron chi connectivity index (χ3n) is 6.08. The van der Waals surface area contributed by atoms with Gasteiger partial charge in [0, 0.05) is 31.7 Å². The highest BCUT2D eigenvalue weighted by molar-refractivity contribution is 6.30. The Bertz CT molecular complexity index is 1020. The molecule has 1 fully saturated rings. The molecule has 1 aromatic heterocycles. The molecule has 0 aliphatic carbocycles. The quantitative estimate of drug-likeness (QED) is 0.675. The number of likely N-dealkylation sites (tertiary alicyclic amines) is 1. The Hall–Kier alpha value is -2.04. The summed E-state index contributed by atoms with van der Waals surface area (Å²) >= 11 is 6.03. The zero-order valence-corrected chi connectivity index (χ0v) is 16.9. The lowest BCUT2D eigenvalue weighted by molar-refractivity contribution is 0.139. The molecule has 27 heavy (non-hydrogen) atoms. The first-order valence-electron chi connectivity index (χ1n) is 9.58. The van der Waals surface area contributed by atoms with Gasteiger partial charge in [-0.15, -0.1) is 0 Å². The van der Waals surface area contributed by atoms with Gasteiger partial charge in [0.15, 0.2) is 0 Å². The van der Waals surface area contributed by atoms with E-state index in [2.05, 4.69) is 42.2 Å². The van der Waals surface area contributed by atoms with Gasteiger partial charge in [0.25, 0.3) is 0 Å². The second kappa shape index (κ2) is 7.17. The predicted octanol–water partition coefficient (Wildman–Crippen LogP) is 4.30. The standard InChI is InChI=1S/C22H26ClN3O/c1-15-12-18(17-5-7-19(23)8-6-17)10-11-26(15)14-16-4-9-20-21(13-16)25(3)22(27)24(20)2/h4-9,13,15,18H,10-12,14H2,1-3H3. The average Bonchev–Trinajstić information content (AvgIpc) is 2.88. The van der Waals surface area contributed by atoms with Crippen LogP contribution < -0.4 is 5.69 Å². The van der Waals surface area contributed by atoms with Crippen molar-refractivity contribution >= 4 is 22.6 Å². The molecular weight excluding hydrogens is 358 g/mol. The Labute approximate surface area is 165 Å². The normalized spacial score (nSPS) is 21.0. The van der Waals surface area contributed by atoms with Crippen LogP contribution in [0.1, 0.15) is 36.8 Å². The largest absolute Gasteiger partial charge is 0.328 e. The van der Waals surface area contributed by atoms with Gasteiger partial charge in [0.05, 0.1) is 11.0 Å². The molecule has 2 aromatic carbocycles. The Morgan fingerprint density at radius 3 is 2.44 bits per heavy atom. The Kier molecular flexibility index (Phi) is 4.87. The molecule has 5 heteroatoms. The molecule has 0 N–H and O–H groups in total. The number of halogens is 1. The van der Waals surface area contributed by atoms with Crippen molar-refractivity contribution in [1.29, 1.82) is 0 Å². The summed E-state index contributed by atoms with van der Waals surface area (Å²) in [6.07, 6.45) is 2.33. The second-order valence-electron chi connectivity index (χ2n) is 7.82. The van der Waals surface area contributed by atoms with Gasteiger partial charge in [-0.25, -0.2) is 4.79 Å². The van der Waals surface area contributed by atoms with E-state index in [-0.39, 0.29) is 5.69 Å². The predicted molar refractivity (Wildman–Crippen MR) is 111 cm³/mol. The molecule has 2 unspecified atom stereocenters. The number of hydrogen-bond donors (Lipinski definition) is 0. The highest BCUT2D eigenvalue weighted by atomic mass is 35.5. The van der Waals surface area contributed by atoms with Crippen LogP contribution in [0.2, 0.25) is 5.02 Å². The molecule has 0 amide bonds. The maximum absolute atomic E-state index is 12.1. The molecule has 0 bridgehead atoms. The van der Waals surface area contributed by atoms with Crippen molar-refractivity contribution in [3.05, 3.63) is 69.1 Å². The van der Waals surface area contributed by atoms with Crippen LogP contribution in [0.4, 0.5) is 0 Å². The summed E-state index contributed by atoms with van der Waals surface area (Å²) in [4.78, 5) is 14.7. The SMILES string of the molecule is CC1CC(c2ccc(Cl)cc2)CCN1Cc1ccc2c(c1)n(C)c(=O)n2C. The van der Waals surface area contributed by atoms with E-state index in [0.29, 0.717) is 12.0 Å². The Morgan fingerprint density at radius 2 is 1.74 bits per heavy atom. The maximum atomic E-state index is 12.1. The van der Waals surface area contributed by atoms with Gasteiger partial charge in [-0.2, -0.15) is 0 Å². The van der Waals surface area contributed by atoms with E-state index in [1.807, 2.05) is 26.2 Å². The molecule has 142 valence electrons. The zero-order chi connectivity index (χ0) is 19.1. The zero-order valence-electron chi connectivity index (χ0n) is 16.2. The number of hydrogen-bond acceptors (Lipinski definition) is 2. The summed E-state index contributed by atoms with van der Waals surface area (Å²) in [5.74, 6) is 0.603. The summed E-state index contributed by atoms with van der Waals surface area (Å²) in [6.45, 7) is 4.33. The van der Waals surface area contributed by atoms with Crippen molar-refractivity contribution in [3.63, 3.8) is 0 Å². The number of rotatable bonds is 3. The minimum absolute atomic E-state index is 0.0271. The monoisotopic (exact) mass is 383 g/mol. The fourth-order valence-corrected chi connectivity index (χ4v) is 4.50. The van der Waals surface area contributed by atoms with Crippen LogP contribution in [-0.2, 0) is 20.6 Å². The van der Waals surface area contributed by atoms with E-state index in [0.717, 1.165) is 42.0 Å². The number of imidazole rings is 1. The smallest absolute Gasteiger partial charge is 0.296 e. The van der Waals surface area contributed by atoms with E-state index in [9.17, 15) is 4.79 Å². The lowest BCUT2D eigenvalue weighted by Gasteiger charge is -2.38. The maximum Gasteiger partial charge on any atom is 0.328 e. The van der Waals surface area contributed by atoms with Crippen LogP contribution in [-0.4, -0.2) is 26.6 Å². The molecule has 0 saturated carbocycles. The van der Waals surface area contributed by atoms with Crippen molar-refractivity contribution in [3.8, 4) is 0 Å². The molecule has 2 atom stereocenters. The average molecular weight is 384 g/mol. The number of nitrogens with zero attached hydrogens (tertiary/aromatic N) is 3. The van der Waals surface area contributed by atoms with Crippen LogP contribution in [0.3, 0.4) is 0 Å². The van der Waals surface area contributed by atoms with E-state index in [4.69, 9.17) is 11.6 Å². The third kappa shape index (κ3) is 3.44. The Balaban J connectivity index is 1.49. The minimum Gasteiger partial charge on any atom is -0.296 e. The summed E-state index contributed by atoms with van der Waals surface area (Å²) in [6, 6.07) is 15.2. The first-order valence-corrected chi connectivity index (χ1v) is 9.95. The van der Waals surface area contributed by atoms with Gasteiger partial charge in [0.1, 0.15) is 0 Å². The fourth-order valence-electron chi connectivity index (χ4n) is 4.38. The fraction of sp³-hybridized carbons (Fsp3) is 0.409. The van der Waals surface area contributed by atoms with E-state index < -0.39 is 0 Å². The third-order valence-corrected chi connectivity index (χ3v) is 6.33. The van der Waals surface area contributed by atoms with Crippen molar-refractivity contribution in [2.75, 3.05) is 6.54 Å². The molecule has 2 heterocycles. The van der Waals surface area contributed by atoms with Crippen LogP contribution in [0.5, 0.6) is 0 Å². The van der Waals surface area contributed by atoms with Crippen molar-refractivity contribution in [2.24, 2.45) is 14.1 Å². The molecule has 0 spiro atoms. The molecule has 3 aromatic rings. The van der Waals surface area contributed by atoms with Crippen molar-refractivity contribution in [2.45, 2.75) is 38.3 Å². The van der Waals surface area contributed by atoms with Crippen molar-refractivity contribution < 1.29 is 0 Å². The first kappa shape index (κ1) is 18.3. The highest BCUT2D eigenvalue weighted by Gasteiger charge is 2.26. The summed E-state index contributed by atoms with van der Waals surface area (Å²) in [7, 11) is 3.67. The number of benzene rings is 2. The van der Waals surface area contributed by atoms with Gasteiger partial charge in [-0.1, -0.05) is 29.8 Å². The lowest BCUT2D eigenvalue weighted by Crippen LogP contribution is -2.39. The molecular formula is C22H26ClN3O. The van der Waals surface area contributed by atoms with Crippen LogP contribution in [0.25, 0.3) is 11.0 Å². The summed E-state index contributed by atoms with van der Waals surface area (Å²) in [5.41, 5.74) is 4.68. The number of aryl methyl sites for hydroxylation is 2. The van der Waals surface area contributed by atoms with Crippen molar-refractivity contribution in [1.82, 2.24) is 14.0 Å². The van der Waals surface area contributed by atoms with Crippen LogP contribution in [0.15, 0.2) is 47.3 Å². The second-order valence-corrected chi connectivity index (χ2v) is 8.25. The molecule has 1 aliphatic heterocycles. The summed E-state index contributed by atoms with van der Waals surface area (Å²) in [5, 5.41) is 0.801. The van der Waals surface area contributed by atoms with Crippen LogP contribution in [0, 0.1) is 0 Å². The minimum atomic E-state index is 0.0271. The molecule has 1 aliphatic rings. The molecule has 1 saturated heterocycles. The van der Waals surface area contributed by atoms with E-state index >= 15 is 0 Å². The summed E-state index contributed by atoms with van der Waals surface area (Å²) < 4.78 is 3.44. The first-order chi connectivity index (χ1) is 12.9. The highest BCUT2D eigenvalue weighted by Crippen LogP contribution is 2.33. The molecule has 4 rings (SSSR count). The van der Waals surface area contributed by atoms with Gasteiger partial charge in [-0.05, 0) is 67.6 Å². The topological polar surface area (TPSA) is 30.2 Å². The van der Waals surface area contributed by atoms with Gasteiger partial charge < -0.3 is 0 Å². The van der Waals surface area contributed by atoms with E-state index in [1.54, 1.807) is 9.13 Å². The Morgan fingerprint density at radius 1 is 1.04 bits per heavy atom.